The van der Waals surface area contributed by atoms with E-state index in [2.05, 4.69) is 0 Å². The van der Waals surface area contributed by atoms with Gasteiger partial charge < -0.3 is 14.5 Å². The Hall–Kier alpha value is -2.82. The normalized spacial score (nSPS) is 19.2. The molecule has 0 unspecified atom stereocenters. The van der Waals surface area contributed by atoms with E-state index in [4.69, 9.17) is 4.74 Å². The van der Waals surface area contributed by atoms with Crippen LogP contribution in [0.4, 0.5) is 0 Å². The lowest BCUT2D eigenvalue weighted by atomic mass is 9.98. The largest absolute Gasteiger partial charge is 0.493 e. The molecule has 5 heteroatoms. The maximum Gasteiger partial charge on any atom is 0.253 e. The Morgan fingerprint density at radius 1 is 0.871 bits per heavy atom. The van der Waals surface area contributed by atoms with Gasteiger partial charge in [-0.05, 0) is 75.4 Å². The first-order valence-corrected chi connectivity index (χ1v) is 11.5. The summed E-state index contributed by atoms with van der Waals surface area (Å²) in [7, 11) is 0. The number of nitrogens with zero attached hydrogens (tertiary/aromatic N) is 2. The summed E-state index contributed by atoms with van der Waals surface area (Å²) in [4.78, 5) is 29.4. The summed E-state index contributed by atoms with van der Waals surface area (Å²) < 4.78 is 6.02. The van der Waals surface area contributed by atoms with Crippen molar-refractivity contribution in [2.75, 3.05) is 32.8 Å². The van der Waals surface area contributed by atoms with Crippen LogP contribution in [0.2, 0.25) is 0 Å². The third-order valence-electron chi connectivity index (χ3n) is 6.30. The molecule has 2 aromatic rings. The minimum atomic E-state index is 0.106. The van der Waals surface area contributed by atoms with Crippen LogP contribution in [0.25, 0.3) is 0 Å². The molecule has 2 aliphatic rings. The lowest BCUT2D eigenvalue weighted by Gasteiger charge is -2.32. The van der Waals surface area contributed by atoms with Crippen molar-refractivity contribution in [2.45, 2.75) is 39.0 Å². The number of benzene rings is 2. The smallest absolute Gasteiger partial charge is 0.253 e. The molecule has 0 aromatic heterocycles. The SMILES string of the molecule is Cc1cccc(C(=O)N2CCC[C@H](COc3ccc(C(=O)N4CCCCC4)cc3)C2)c1. The molecule has 2 heterocycles. The summed E-state index contributed by atoms with van der Waals surface area (Å²) in [6.45, 7) is 5.83. The van der Waals surface area contributed by atoms with Gasteiger partial charge in [-0.1, -0.05) is 17.7 Å². The zero-order chi connectivity index (χ0) is 21.6. The zero-order valence-corrected chi connectivity index (χ0v) is 18.4. The number of carbonyl (C=O) groups is 2. The molecule has 1 atom stereocenters. The van der Waals surface area contributed by atoms with Crippen molar-refractivity contribution in [3.05, 3.63) is 65.2 Å². The van der Waals surface area contributed by atoms with E-state index >= 15 is 0 Å². The van der Waals surface area contributed by atoms with E-state index in [9.17, 15) is 9.59 Å². The first kappa shape index (κ1) is 21.4. The Morgan fingerprint density at radius 3 is 2.32 bits per heavy atom. The highest BCUT2D eigenvalue weighted by Gasteiger charge is 2.25. The van der Waals surface area contributed by atoms with E-state index in [1.165, 1.54) is 6.42 Å². The maximum absolute atomic E-state index is 12.9. The van der Waals surface area contributed by atoms with Crippen molar-refractivity contribution in [3.63, 3.8) is 0 Å². The summed E-state index contributed by atoms with van der Waals surface area (Å²) in [5.74, 6) is 1.31. The summed E-state index contributed by atoms with van der Waals surface area (Å²) >= 11 is 0. The zero-order valence-electron chi connectivity index (χ0n) is 18.4. The standard InChI is InChI=1S/C26H32N2O3/c1-20-7-5-9-23(17-20)26(30)28-16-6-8-21(18-28)19-31-24-12-10-22(11-13-24)25(29)27-14-3-2-4-15-27/h5,7,9-13,17,21H,2-4,6,8,14-16,18-19H2,1H3/t21-/m0/s1. The number of likely N-dealkylation sites (tertiary alicyclic amines) is 2. The van der Waals surface area contributed by atoms with Crippen molar-refractivity contribution >= 4 is 11.8 Å². The molecule has 0 bridgehead atoms. The Labute approximate surface area is 185 Å². The first-order valence-electron chi connectivity index (χ1n) is 11.5. The van der Waals surface area contributed by atoms with E-state index in [1.807, 2.05) is 65.3 Å². The molecule has 2 aromatic carbocycles. The Balaban J connectivity index is 1.29. The first-order chi connectivity index (χ1) is 15.1. The quantitative estimate of drug-likeness (QED) is 0.713. The van der Waals surface area contributed by atoms with E-state index < -0.39 is 0 Å². The molecular weight excluding hydrogens is 388 g/mol. The van der Waals surface area contributed by atoms with Gasteiger partial charge in [-0.25, -0.2) is 0 Å². The molecule has 4 rings (SSSR count). The topological polar surface area (TPSA) is 49.9 Å². The van der Waals surface area contributed by atoms with E-state index in [-0.39, 0.29) is 11.8 Å². The minimum Gasteiger partial charge on any atom is -0.493 e. The molecule has 2 saturated heterocycles. The van der Waals surface area contributed by atoms with Crippen molar-refractivity contribution in [2.24, 2.45) is 5.92 Å². The van der Waals surface area contributed by atoms with Gasteiger partial charge in [-0.15, -0.1) is 0 Å². The number of amides is 2. The van der Waals surface area contributed by atoms with Gasteiger partial charge in [-0.3, -0.25) is 9.59 Å². The molecule has 0 aliphatic carbocycles. The highest BCUT2D eigenvalue weighted by atomic mass is 16.5. The molecular formula is C26H32N2O3. The summed E-state index contributed by atoms with van der Waals surface area (Å²) in [6, 6.07) is 15.3. The lowest BCUT2D eigenvalue weighted by Crippen LogP contribution is -2.41. The second-order valence-corrected chi connectivity index (χ2v) is 8.82. The molecule has 2 amide bonds. The average Bonchev–Trinajstić information content (AvgIpc) is 2.83. The van der Waals surface area contributed by atoms with Crippen LogP contribution < -0.4 is 4.74 Å². The molecule has 0 radical (unpaired) electrons. The van der Waals surface area contributed by atoms with Gasteiger partial charge in [-0.2, -0.15) is 0 Å². The summed E-state index contributed by atoms with van der Waals surface area (Å²) in [5.41, 5.74) is 2.59. The van der Waals surface area contributed by atoms with Gasteiger partial charge in [0.25, 0.3) is 11.8 Å². The third-order valence-corrected chi connectivity index (χ3v) is 6.30. The number of carbonyl (C=O) groups excluding carboxylic acids is 2. The van der Waals surface area contributed by atoms with Crippen LogP contribution >= 0.6 is 0 Å². The monoisotopic (exact) mass is 420 g/mol. The van der Waals surface area contributed by atoms with Gasteiger partial charge in [0, 0.05) is 43.2 Å². The number of piperidine rings is 2. The Bertz CT molecular complexity index is 903. The highest BCUT2D eigenvalue weighted by molar-refractivity contribution is 5.95. The molecule has 31 heavy (non-hydrogen) atoms. The van der Waals surface area contributed by atoms with Crippen molar-refractivity contribution in [3.8, 4) is 5.75 Å². The molecule has 2 fully saturated rings. The number of aryl methyl sites for hydroxylation is 1. The molecule has 0 N–H and O–H groups in total. The number of ether oxygens (including phenoxy) is 1. The van der Waals surface area contributed by atoms with E-state index in [0.29, 0.717) is 12.5 Å². The predicted octanol–water partition coefficient (Wildman–Crippen LogP) is 4.55. The van der Waals surface area contributed by atoms with Crippen molar-refractivity contribution in [1.82, 2.24) is 9.80 Å². The minimum absolute atomic E-state index is 0.106. The third kappa shape index (κ3) is 5.46. The summed E-state index contributed by atoms with van der Waals surface area (Å²) in [5, 5.41) is 0. The van der Waals surface area contributed by atoms with Gasteiger partial charge in [0.15, 0.2) is 0 Å². The van der Waals surface area contributed by atoms with Crippen LogP contribution in [0.1, 0.15) is 58.4 Å². The fourth-order valence-electron chi connectivity index (χ4n) is 4.53. The van der Waals surface area contributed by atoms with Crippen LogP contribution in [0.15, 0.2) is 48.5 Å². The fraction of sp³-hybridized carbons (Fsp3) is 0.462. The second kappa shape index (κ2) is 9.99. The molecule has 2 aliphatic heterocycles. The molecule has 164 valence electrons. The average molecular weight is 421 g/mol. The predicted molar refractivity (Wildman–Crippen MR) is 121 cm³/mol. The Kier molecular flexibility index (Phi) is 6.90. The number of hydrogen-bond donors (Lipinski definition) is 0. The fourth-order valence-corrected chi connectivity index (χ4v) is 4.53. The Morgan fingerprint density at radius 2 is 1.58 bits per heavy atom. The molecule has 0 spiro atoms. The van der Waals surface area contributed by atoms with Crippen LogP contribution in [0, 0.1) is 12.8 Å². The van der Waals surface area contributed by atoms with Crippen molar-refractivity contribution in [1.29, 1.82) is 0 Å². The van der Waals surface area contributed by atoms with Crippen LogP contribution in [-0.4, -0.2) is 54.4 Å². The van der Waals surface area contributed by atoms with Crippen LogP contribution in [0.5, 0.6) is 5.75 Å². The van der Waals surface area contributed by atoms with Crippen molar-refractivity contribution < 1.29 is 14.3 Å². The molecule has 0 saturated carbocycles. The van der Waals surface area contributed by atoms with Crippen LogP contribution in [-0.2, 0) is 0 Å². The van der Waals surface area contributed by atoms with E-state index in [0.717, 1.165) is 74.3 Å². The van der Waals surface area contributed by atoms with Gasteiger partial charge >= 0.3 is 0 Å². The second-order valence-electron chi connectivity index (χ2n) is 8.82. The number of hydrogen-bond acceptors (Lipinski definition) is 3. The van der Waals surface area contributed by atoms with E-state index in [1.54, 1.807) is 0 Å². The highest BCUT2D eigenvalue weighted by Crippen LogP contribution is 2.22. The maximum atomic E-state index is 12.9. The molecule has 5 nitrogen and oxygen atoms in total. The van der Waals surface area contributed by atoms with Crippen LogP contribution in [0.3, 0.4) is 0 Å². The van der Waals surface area contributed by atoms with Gasteiger partial charge in [0.2, 0.25) is 0 Å². The lowest BCUT2D eigenvalue weighted by molar-refractivity contribution is 0.0633. The van der Waals surface area contributed by atoms with Gasteiger partial charge in [0.05, 0.1) is 6.61 Å². The van der Waals surface area contributed by atoms with Gasteiger partial charge in [0.1, 0.15) is 5.75 Å². The number of rotatable bonds is 5. The summed E-state index contributed by atoms with van der Waals surface area (Å²) in [6.07, 6.45) is 5.46.